The minimum Gasteiger partial charge on any atom is -0.434 e. The summed E-state index contributed by atoms with van der Waals surface area (Å²) in [6, 6.07) is 6.41. The summed E-state index contributed by atoms with van der Waals surface area (Å²) in [7, 11) is 1.58. The lowest BCUT2D eigenvalue weighted by Gasteiger charge is -2.11. The van der Waals surface area contributed by atoms with Crippen LogP contribution in [0.3, 0.4) is 0 Å². The van der Waals surface area contributed by atoms with Gasteiger partial charge in [-0.15, -0.1) is 0 Å². The minimum absolute atomic E-state index is 0.0637. The molecule has 1 aromatic carbocycles. The monoisotopic (exact) mass is 317 g/mol. The van der Waals surface area contributed by atoms with E-state index in [-0.39, 0.29) is 5.75 Å². The van der Waals surface area contributed by atoms with Gasteiger partial charge in [-0.3, -0.25) is 5.43 Å². The molecule has 0 fully saturated rings. The second kappa shape index (κ2) is 9.19. The highest BCUT2D eigenvalue weighted by Gasteiger charge is 2.11. The smallest absolute Gasteiger partial charge is 0.387 e. The zero-order valence-electron chi connectivity index (χ0n) is 11.7. The highest BCUT2D eigenvalue weighted by molar-refractivity contribution is 7.80. The van der Waals surface area contributed by atoms with Crippen molar-refractivity contribution in [2.24, 2.45) is 5.10 Å². The Morgan fingerprint density at radius 2 is 2.10 bits per heavy atom. The Balaban J connectivity index is 2.67. The van der Waals surface area contributed by atoms with Crippen LogP contribution in [-0.2, 0) is 4.74 Å². The molecule has 1 aromatic rings. The number of para-hydroxylation sites is 1. The SMILES string of the molecule is COCCNC(=S)N/N=C(\C)c1ccccc1OC(F)F. The van der Waals surface area contributed by atoms with E-state index >= 15 is 0 Å². The largest absolute Gasteiger partial charge is 0.434 e. The van der Waals surface area contributed by atoms with Crippen LogP contribution in [0, 0.1) is 0 Å². The van der Waals surface area contributed by atoms with Gasteiger partial charge in [-0.1, -0.05) is 12.1 Å². The maximum absolute atomic E-state index is 12.3. The second-order valence-electron chi connectivity index (χ2n) is 3.93. The van der Waals surface area contributed by atoms with Crippen molar-refractivity contribution in [2.45, 2.75) is 13.5 Å². The lowest BCUT2D eigenvalue weighted by Crippen LogP contribution is -2.34. The molecule has 0 atom stereocenters. The van der Waals surface area contributed by atoms with Gasteiger partial charge in [0.05, 0.1) is 12.3 Å². The number of halogens is 2. The summed E-state index contributed by atoms with van der Waals surface area (Å²) in [6.07, 6.45) is 0. The summed E-state index contributed by atoms with van der Waals surface area (Å²) in [5.74, 6) is 0.0637. The average molecular weight is 317 g/mol. The molecule has 5 nitrogen and oxygen atoms in total. The standard InChI is InChI=1S/C13H17F2N3O2S/c1-9(17-18-13(21)16-7-8-19-2)10-5-3-4-6-11(10)20-12(14)15/h3-6,12H,7-8H2,1-2H3,(H2,16,18,21)/b17-9+. The van der Waals surface area contributed by atoms with Crippen molar-refractivity contribution in [3.05, 3.63) is 29.8 Å². The summed E-state index contributed by atoms with van der Waals surface area (Å²) < 4.78 is 34.0. The number of alkyl halides is 2. The van der Waals surface area contributed by atoms with E-state index in [1.54, 1.807) is 32.2 Å². The summed E-state index contributed by atoms with van der Waals surface area (Å²) >= 11 is 5.00. The van der Waals surface area contributed by atoms with Gasteiger partial charge in [0.15, 0.2) is 5.11 Å². The van der Waals surface area contributed by atoms with Gasteiger partial charge in [-0.2, -0.15) is 13.9 Å². The van der Waals surface area contributed by atoms with Crippen LogP contribution in [0.1, 0.15) is 12.5 Å². The first-order chi connectivity index (χ1) is 10.0. The Labute approximate surface area is 127 Å². The number of thiocarbonyl (C=S) groups is 1. The molecule has 21 heavy (non-hydrogen) atoms. The maximum atomic E-state index is 12.3. The molecule has 0 saturated heterocycles. The number of hydrazone groups is 1. The second-order valence-corrected chi connectivity index (χ2v) is 4.34. The fourth-order valence-electron chi connectivity index (χ4n) is 1.47. The molecule has 116 valence electrons. The third-order valence-corrected chi connectivity index (χ3v) is 2.65. The van der Waals surface area contributed by atoms with Crippen molar-refractivity contribution in [3.63, 3.8) is 0 Å². The lowest BCUT2D eigenvalue weighted by atomic mass is 10.1. The molecule has 0 aliphatic rings. The summed E-state index contributed by atoms with van der Waals surface area (Å²) in [4.78, 5) is 0. The van der Waals surface area contributed by atoms with Gasteiger partial charge in [0.25, 0.3) is 0 Å². The molecule has 0 saturated carbocycles. The predicted molar refractivity (Wildman–Crippen MR) is 80.9 cm³/mol. The molecule has 1 rings (SSSR count). The predicted octanol–water partition coefficient (Wildman–Crippen LogP) is 2.12. The van der Waals surface area contributed by atoms with Gasteiger partial charge >= 0.3 is 6.61 Å². The Kier molecular flexibility index (Phi) is 7.55. The van der Waals surface area contributed by atoms with E-state index < -0.39 is 6.61 Å². The van der Waals surface area contributed by atoms with Crippen LogP contribution < -0.4 is 15.5 Å². The topological polar surface area (TPSA) is 54.9 Å². The number of nitrogens with zero attached hydrogens (tertiary/aromatic N) is 1. The molecule has 0 amide bonds. The van der Waals surface area contributed by atoms with Gasteiger partial charge in [-0.05, 0) is 31.3 Å². The van der Waals surface area contributed by atoms with E-state index in [4.69, 9.17) is 17.0 Å². The number of methoxy groups -OCH3 is 1. The zero-order chi connectivity index (χ0) is 15.7. The van der Waals surface area contributed by atoms with Crippen molar-refractivity contribution >= 4 is 23.0 Å². The Hall–Kier alpha value is -1.80. The molecular weight excluding hydrogens is 300 g/mol. The van der Waals surface area contributed by atoms with E-state index in [0.29, 0.717) is 29.5 Å². The van der Waals surface area contributed by atoms with Crippen LogP contribution >= 0.6 is 12.2 Å². The fraction of sp³-hybridized carbons (Fsp3) is 0.385. The first-order valence-electron chi connectivity index (χ1n) is 6.16. The quantitative estimate of drug-likeness (QED) is 0.349. The molecule has 0 radical (unpaired) electrons. The zero-order valence-corrected chi connectivity index (χ0v) is 12.5. The van der Waals surface area contributed by atoms with E-state index in [0.717, 1.165) is 0 Å². The van der Waals surface area contributed by atoms with Crippen LogP contribution in [0.5, 0.6) is 5.75 Å². The highest BCUT2D eigenvalue weighted by atomic mass is 32.1. The Bertz CT molecular complexity index is 498. The normalized spacial score (nSPS) is 11.4. The summed E-state index contributed by atoms with van der Waals surface area (Å²) in [5, 5.41) is 7.23. The number of rotatable bonds is 7. The summed E-state index contributed by atoms with van der Waals surface area (Å²) in [5.41, 5.74) is 3.57. The molecule has 0 heterocycles. The van der Waals surface area contributed by atoms with E-state index in [1.807, 2.05) is 0 Å². The van der Waals surface area contributed by atoms with E-state index in [1.165, 1.54) is 6.07 Å². The summed E-state index contributed by atoms with van der Waals surface area (Å²) in [6.45, 7) is -0.167. The average Bonchev–Trinajstić information content (AvgIpc) is 2.45. The van der Waals surface area contributed by atoms with Crippen LogP contribution in [0.25, 0.3) is 0 Å². The van der Waals surface area contributed by atoms with Crippen molar-refractivity contribution in [1.82, 2.24) is 10.7 Å². The third kappa shape index (κ3) is 6.46. The first-order valence-corrected chi connectivity index (χ1v) is 6.56. The number of ether oxygens (including phenoxy) is 2. The Morgan fingerprint density at radius 3 is 2.76 bits per heavy atom. The first kappa shape index (κ1) is 17.3. The van der Waals surface area contributed by atoms with Gasteiger partial charge in [0.2, 0.25) is 0 Å². The van der Waals surface area contributed by atoms with E-state index in [9.17, 15) is 8.78 Å². The molecule has 0 bridgehead atoms. The minimum atomic E-state index is -2.89. The van der Waals surface area contributed by atoms with Crippen molar-refractivity contribution < 1.29 is 18.3 Å². The van der Waals surface area contributed by atoms with Gasteiger partial charge in [0.1, 0.15) is 5.75 Å². The Morgan fingerprint density at radius 1 is 1.38 bits per heavy atom. The molecule has 0 aromatic heterocycles. The lowest BCUT2D eigenvalue weighted by molar-refractivity contribution is -0.0499. The van der Waals surface area contributed by atoms with Crippen LogP contribution in [0.2, 0.25) is 0 Å². The van der Waals surface area contributed by atoms with Gasteiger partial charge in [0, 0.05) is 19.2 Å². The van der Waals surface area contributed by atoms with Crippen molar-refractivity contribution in [2.75, 3.05) is 20.3 Å². The molecule has 0 aliphatic carbocycles. The fourth-order valence-corrected chi connectivity index (χ4v) is 1.61. The van der Waals surface area contributed by atoms with Crippen LogP contribution in [-0.4, -0.2) is 37.7 Å². The van der Waals surface area contributed by atoms with E-state index in [2.05, 4.69) is 20.6 Å². The molecule has 8 heteroatoms. The molecule has 0 aliphatic heterocycles. The molecule has 0 spiro atoms. The number of nitrogens with one attached hydrogen (secondary N) is 2. The third-order valence-electron chi connectivity index (χ3n) is 2.41. The number of benzene rings is 1. The molecule has 0 unspecified atom stereocenters. The van der Waals surface area contributed by atoms with Crippen LogP contribution in [0.15, 0.2) is 29.4 Å². The van der Waals surface area contributed by atoms with Gasteiger partial charge < -0.3 is 14.8 Å². The van der Waals surface area contributed by atoms with Crippen molar-refractivity contribution in [3.8, 4) is 5.75 Å². The number of hydrogen-bond acceptors (Lipinski definition) is 4. The molecule has 2 N–H and O–H groups in total. The number of hydrogen-bond donors (Lipinski definition) is 2. The molecular formula is C13H17F2N3O2S. The van der Waals surface area contributed by atoms with Crippen molar-refractivity contribution in [1.29, 1.82) is 0 Å². The van der Waals surface area contributed by atoms with Gasteiger partial charge in [-0.25, -0.2) is 0 Å². The van der Waals surface area contributed by atoms with Crippen LogP contribution in [0.4, 0.5) is 8.78 Å². The maximum Gasteiger partial charge on any atom is 0.387 e. The highest BCUT2D eigenvalue weighted by Crippen LogP contribution is 2.20.